The van der Waals surface area contributed by atoms with Crippen molar-refractivity contribution >= 4 is 21.5 Å². The molecular weight excluding hydrogens is 254 g/mol. The fourth-order valence-corrected chi connectivity index (χ4v) is 2.66. The number of hydrogen-bond donors (Lipinski definition) is 0. The Kier molecular flexibility index (Phi) is 3.17. The first kappa shape index (κ1) is 13.0. The second-order valence-corrected chi connectivity index (χ2v) is 5.13. The van der Waals surface area contributed by atoms with E-state index in [2.05, 4.69) is 13.0 Å². The molecule has 3 aromatic rings. The van der Waals surface area contributed by atoms with E-state index in [9.17, 15) is 8.78 Å². The predicted octanol–water partition coefficient (Wildman–Crippen LogP) is 5.40. The van der Waals surface area contributed by atoms with Crippen molar-refractivity contribution in [2.24, 2.45) is 0 Å². The molecule has 0 aliphatic rings. The van der Waals surface area contributed by atoms with Crippen molar-refractivity contribution < 1.29 is 8.78 Å². The molecule has 0 radical (unpaired) electrons. The van der Waals surface area contributed by atoms with E-state index >= 15 is 0 Å². The Labute approximate surface area is 117 Å². The molecule has 102 valence electrons. The van der Waals surface area contributed by atoms with Gasteiger partial charge >= 0.3 is 0 Å². The van der Waals surface area contributed by atoms with E-state index in [1.54, 1.807) is 12.1 Å². The van der Waals surface area contributed by atoms with Crippen LogP contribution in [0.25, 0.3) is 21.5 Å². The van der Waals surface area contributed by atoms with Crippen LogP contribution in [0.1, 0.15) is 25.0 Å². The number of fused-ring (bicyclic) bond motifs is 2. The van der Waals surface area contributed by atoms with E-state index in [-0.39, 0.29) is 0 Å². The van der Waals surface area contributed by atoms with Crippen LogP contribution < -0.4 is 0 Å². The first-order valence-corrected chi connectivity index (χ1v) is 6.97. The lowest BCUT2D eigenvalue weighted by Crippen LogP contribution is -1.95. The standard InChI is InChI=1S/C18H16F2/c1-3-11-5-6-13-9-15-8-12(4-2)17(19)18(20)16(15)10-14(13)7-11/h5-10H,3-4H2,1-2H3. The summed E-state index contributed by atoms with van der Waals surface area (Å²) in [6, 6.07) is 11.6. The molecule has 0 N–H and O–H groups in total. The highest BCUT2D eigenvalue weighted by Crippen LogP contribution is 2.29. The molecule has 0 unspecified atom stereocenters. The molecule has 3 aromatic carbocycles. The molecule has 0 saturated heterocycles. The van der Waals surface area contributed by atoms with Crippen molar-refractivity contribution in [3.63, 3.8) is 0 Å². The molecule has 0 bridgehead atoms. The van der Waals surface area contributed by atoms with Crippen LogP contribution in [0.2, 0.25) is 0 Å². The fourth-order valence-electron chi connectivity index (χ4n) is 2.66. The maximum atomic E-state index is 14.2. The smallest absolute Gasteiger partial charge is 0.166 e. The van der Waals surface area contributed by atoms with Crippen LogP contribution in [0.15, 0.2) is 36.4 Å². The minimum Gasteiger partial charge on any atom is -0.203 e. The van der Waals surface area contributed by atoms with Gasteiger partial charge in [0.15, 0.2) is 11.6 Å². The van der Waals surface area contributed by atoms with Crippen LogP contribution in [-0.4, -0.2) is 0 Å². The molecular formula is C18H16F2. The molecule has 0 atom stereocenters. The quantitative estimate of drug-likeness (QED) is 0.547. The highest BCUT2D eigenvalue weighted by Gasteiger charge is 2.13. The first-order chi connectivity index (χ1) is 9.63. The van der Waals surface area contributed by atoms with Crippen LogP contribution in [0.4, 0.5) is 8.78 Å². The van der Waals surface area contributed by atoms with Crippen molar-refractivity contribution in [3.8, 4) is 0 Å². The van der Waals surface area contributed by atoms with E-state index in [0.29, 0.717) is 17.4 Å². The summed E-state index contributed by atoms with van der Waals surface area (Å²) in [5.41, 5.74) is 1.63. The van der Waals surface area contributed by atoms with Crippen molar-refractivity contribution in [2.75, 3.05) is 0 Å². The van der Waals surface area contributed by atoms with Gasteiger partial charge in [-0.3, -0.25) is 0 Å². The number of halogens is 2. The molecule has 0 spiro atoms. The summed E-state index contributed by atoms with van der Waals surface area (Å²) in [6.07, 6.45) is 1.42. The molecule has 20 heavy (non-hydrogen) atoms. The van der Waals surface area contributed by atoms with Crippen molar-refractivity contribution in [1.29, 1.82) is 0 Å². The summed E-state index contributed by atoms with van der Waals surface area (Å²) >= 11 is 0. The second-order valence-electron chi connectivity index (χ2n) is 5.13. The van der Waals surface area contributed by atoms with Crippen LogP contribution in [-0.2, 0) is 12.8 Å². The van der Waals surface area contributed by atoms with Crippen LogP contribution in [0.5, 0.6) is 0 Å². The molecule has 0 amide bonds. The monoisotopic (exact) mass is 270 g/mol. The third-order valence-corrected chi connectivity index (χ3v) is 3.90. The van der Waals surface area contributed by atoms with E-state index in [0.717, 1.165) is 22.6 Å². The van der Waals surface area contributed by atoms with Crippen LogP contribution >= 0.6 is 0 Å². The van der Waals surface area contributed by atoms with E-state index in [1.165, 1.54) is 5.56 Å². The van der Waals surface area contributed by atoms with Crippen molar-refractivity contribution in [2.45, 2.75) is 26.7 Å². The van der Waals surface area contributed by atoms with Gasteiger partial charge in [-0.15, -0.1) is 0 Å². The third-order valence-electron chi connectivity index (χ3n) is 3.90. The summed E-state index contributed by atoms with van der Waals surface area (Å²) in [5.74, 6) is -1.45. The SMILES string of the molecule is CCc1ccc2cc3cc(CC)c(F)c(F)c3cc2c1. The maximum Gasteiger partial charge on any atom is 0.166 e. The second kappa shape index (κ2) is 4.86. The van der Waals surface area contributed by atoms with E-state index in [4.69, 9.17) is 0 Å². The number of rotatable bonds is 2. The summed E-state index contributed by atoms with van der Waals surface area (Å²) in [4.78, 5) is 0. The molecule has 2 heteroatoms. The van der Waals surface area contributed by atoms with Gasteiger partial charge in [-0.05, 0) is 58.3 Å². The average Bonchev–Trinajstić information content (AvgIpc) is 2.48. The predicted molar refractivity (Wildman–Crippen MR) is 80.1 cm³/mol. The van der Waals surface area contributed by atoms with Gasteiger partial charge in [0.25, 0.3) is 0 Å². The zero-order chi connectivity index (χ0) is 14.3. The third kappa shape index (κ3) is 1.96. The van der Waals surface area contributed by atoms with E-state index < -0.39 is 11.6 Å². The van der Waals surface area contributed by atoms with Crippen molar-refractivity contribution in [1.82, 2.24) is 0 Å². The Morgan fingerprint density at radius 1 is 0.750 bits per heavy atom. The molecule has 0 saturated carbocycles. The Bertz CT molecular complexity index is 803. The van der Waals surface area contributed by atoms with Crippen molar-refractivity contribution in [3.05, 3.63) is 59.2 Å². The topological polar surface area (TPSA) is 0 Å². The molecule has 0 aromatic heterocycles. The summed E-state index contributed by atoms with van der Waals surface area (Å²) < 4.78 is 28.1. The largest absolute Gasteiger partial charge is 0.203 e. The minimum atomic E-state index is -0.733. The highest BCUT2D eigenvalue weighted by atomic mass is 19.2. The van der Waals surface area contributed by atoms with Crippen LogP contribution in [0, 0.1) is 11.6 Å². The van der Waals surface area contributed by atoms with E-state index in [1.807, 2.05) is 25.1 Å². The van der Waals surface area contributed by atoms with Gasteiger partial charge in [-0.1, -0.05) is 32.0 Å². The van der Waals surface area contributed by atoms with Gasteiger partial charge < -0.3 is 0 Å². The lowest BCUT2D eigenvalue weighted by Gasteiger charge is -2.08. The minimum absolute atomic E-state index is 0.362. The first-order valence-electron chi connectivity index (χ1n) is 6.97. The Morgan fingerprint density at radius 3 is 2.25 bits per heavy atom. The number of aryl methyl sites for hydroxylation is 2. The van der Waals surface area contributed by atoms with Gasteiger partial charge in [-0.2, -0.15) is 0 Å². The zero-order valence-corrected chi connectivity index (χ0v) is 11.6. The van der Waals surface area contributed by atoms with Gasteiger partial charge in [0.1, 0.15) is 0 Å². The molecule has 0 nitrogen and oxygen atoms in total. The molecule has 0 aliphatic carbocycles. The lowest BCUT2D eigenvalue weighted by molar-refractivity contribution is 0.508. The molecule has 3 rings (SSSR count). The zero-order valence-electron chi connectivity index (χ0n) is 11.6. The highest BCUT2D eigenvalue weighted by molar-refractivity contribution is 5.99. The molecule has 0 fully saturated rings. The van der Waals surface area contributed by atoms with Gasteiger partial charge in [-0.25, -0.2) is 8.78 Å². The molecule has 0 heterocycles. The normalized spacial score (nSPS) is 11.4. The summed E-state index contributed by atoms with van der Waals surface area (Å²) in [6.45, 7) is 3.91. The van der Waals surface area contributed by atoms with Gasteiger partial charge in [0, 0.05) is 5.39 Å². The van der Waals surface area contributed by atoms with Gasteiger partial charge in [0.2, 0.25) is 0 Å². The Morgan fingerprint density at radius 2 is 1.55 bits per heavy atom. The number of hydrogen-bond acceptors (Lipinski definition) is 0. The Balaban J connectivity index is 2.38. The summed E-state index contributed by atoms with van der Waals surface area (Å²) in [7, 11) is 0. The molecule has 0 aliphatic heterocycles. The summed E-state index contributed by atoms with van der Waals surface area (Å²) in [5, 5.41) is 3.14. The fraction of sp³-hybridized carbons (Fsp3) is 0.222. The number of benzene rings is 3. The van der Waals surface area contributed by atoms with Gasteiger partial charge in [0.05, 0.1) is 0 Å². The lowest BCUT2D eigenvalue weighted by atomic mass is 9.98. The van der Waals surface area contributed by atoms with Crippen LogP contribution in [0.3, 0.4) is 0 Å². The average molecular weight is 270 g/mol. The Hall–Kier alpha value is -1.96. The maximum absolute atomic E-state index is 14.2.